The molecule has 58 valence electrons. The van der Waals surface area contributed by atoms with Crippen LogP contribution >= 0.6 is 0 Å². The Bertz CT molecular complexity index is 318. The van der Waals surface area contributed by atoms with Gasteiger partial charge in [0.05, 0.1) is 0 Å². The number of anilines is 1. The molecular weight excluding hydrogens is 148 g/mol. The van der Waals surface area contributed by atoms with Crippen LogP contribution in [0.15, 0.2) is 17.1 Å². The quantitative estimate of drug-likeness (QED) is 0.496. The summed E-state index contributed by atoms with van der Waals surface area (Å²) in [7, 11) is 0. The molecule has 0 fully saturated rings. The molecule has 6 heteroatoms. The highest BCUT2D eigenvalue weighted by molar-refractivity contribution is 5.87. The van der Waals surface area contributed by atoms with Crippen molar-refractivity contribution in [2.45, 2.75) is 0 Å². The van der Waals surface area contributed by atoms with Crippen molar-refractivity contribution in [1.82, 2.24) is 10.2 Å². The lowest BCUT2D eigenvalue weighted by Gasteiger charge is -1.96. The van der Waals surface area contributed by atoms with Crippen molar-refractivity contribution < 1.29 is 4.79 Å². The lowest BCUT2D eigenvalue weighted by molar-refractivity contribution is 0.259. The van der Waals surface area contributed by atoms with E-state index in [2.05, 4.69) is 15.5 Å². The monoisotopic (exact) mass is 154 g/mol. The molecule has 1 heterocycles. The number of hydrogen-bond acceptors (Lipinski definition) is 3. The van der Waals surface area contributed by atoms with E-state index in [9.17, 15) is 9.59 Å². The second kappa shape index (κ2) is 2.82. The molecule has 0 aromatic carbocycles. The van der Waals surface area contributed by atoms with Gasteiger partial charge in [-0.1, -0.05) is 0 Å². The molecule has 0 spiro atoms. The molecule has 1 aromatic rings. The van der Waals surface area contributed by atoms with Gasteiger partial charge in [-0.25, -0.2) is 9.89 Å². The first kappa shape index (κ1) is 7.26. The summed E-state index contributed by atoms with van der Waals surface area (Å²) < 4.78 is 0. The Hall–Kier alpha value is -1.85. The molecule has 0 saturated heterocycles. The van der Waals surface area contributed by atoms with Gasteiger partial charge >= 0.3 is 6.03 Å². The molecule has 0 bridgehead atoms. The molecule has 4 N–H and O–H groups in total. The molecule has 11 heavy (non-hydrogen) atoms. The third-order valence-corrected chi connectivity index (χ3v) is 0.984. The standard InChI is InChI=1S/C5H6N4O2/c6-5(11)8-3-1-2-7-9-4(3)10/h1-2H,(H,9,10)(H3,6,7,8,11). The minimum absolute atomic E-state index is 0.0903. The van der Waals surface area contributed by atoms with Crippen LogP contribution in [-0.2, 0) is 0 Å². The largest absolute Gasteiger partial charge is 0.351 e. The Labute approximate surface area is 61.4 Å². The maximum Gasteiger partial charge on any atom is 0.316 e. The smallest absolute Gasteiger partial charge is 0.316 e. The van der Waals surface area contributed by atoms with E-state index in [1.165, 1.54) is 12.3 Å². The topological polar surface area (TPSA) is 101 Å². The molecule has 0 aliphatic heterocycles. The minimum Gasteiger partial charge on any atom is -0.351 e. The molecule has 0 radical (unpaired) electrons. The van der Waals surface area contributed by atoms with Gasteiger partial charge in [-0.2, -0.15) is 5.10 Å². The van der Waals surface area contributed by atoms with Gasteiger partial charge in [0, 0.05) is 6.20 Å². The van der Waals surface area contributed by atoms with Gasteiger partial charge in [-0.3, -0.25) is 4.79 Å². The fourth-order valence-corrected chi connectivity index (χ4v) is 0.575. The van der Waals surface area contributed by atoms with Crippen LogP contribution < -0.4 is 16.6 Å². The van der Waals surface area contributed by atoms with E-state index in [1.54, 1.807) is 0 Å². The van der Waals surface area contributed by atoms with Gasteiger partial charge in [-0.15, -0.1) is 0 Å². The summed E-state index contributed by atoms with van der Waals surface area (Å²) in [5, 5.41) is 7.68. The summed E-state index contributed by atoms with van der Waals surface area (Å²) in [6, 6.07) is 0.575. The highest BCUT2D eigenvalue weighted by Gasteiger charge is 1.98. The van der Waals surface area contributed by atoms with E-state index in [0.29, 0.717) is 0 Å². The second-order valence-corrected chi connectivity index (χ2v) is 1.79. The molecule has 2 amide bonds. The Kier molecular flexibility index (Phi) is 1.86. The number of nitrogens with one attached hydrogen (secondary N) is 2. The summed E-state index contributed by atoms with van der Waals surface area (Å²) in [6.07, 6.45) is 1.34. The van der Waals surface area contributed by atoms with Crippen LogP contribution in [0.1, 0.15) is 0 Å². The van der Waals surface area contributed by atoms with Crippen LogP contribution in [0.2, 0.25) is 0 Å². The van der Waals surface area contributed by atoms with Crippen molar-refractivity contribution in [2.24, 2.45) is 5.73 Å². The van der Waals surface area contributed by atoms with Crippen LogP contribution in [0.25, 0.3) is 0 Å². The van der Waals surface area contributed by atoms with Gasteiger partial charge in [0.15, 0.2) is 0 Å². The fourth-order valence-electron chi connectivity index (χ4n) is 0.575. The predicted molar refractivity (Wildman–Crippen MR) is 38.1 cm³/mol. The lowest BCUT2D eigenvalue weighted by Crippen LogP contribution is -2.24. The number of carbonyl (C=O) groups is 1. The average Bonchev–Trinajstić information content (AvgIpc) is 1.93. The van der Waals surface area contributed by atoms with Crippen molar-refractivity contribution >= 4 is 11.7 Å². The van der Waals surface area contributed by atoms with Crippen LogP contribution in [0.5, 0.6) is 0 Å². The number of nitrogens with two attached hydrogens (primary N) is 1. The Morgan fingerprint density at radius 2 is 2.45 bits per heavy atom. The van der Waals surface area contributed by atoms with E-state index in [0.717, 1.165) is 0 Å². The van der Waals surface area contributed by atoms with E-state index in [1.807, 2.05) is 0 Å². The van der Waals surface area contributed by atoms with Gasteiger partial charge in [0.25, 0.3) is 5.56 Å². The summed E-state index contributed by atoms with van der Waals surface area (Å²) >= 11 is 0. The zero-order valence-electron chi connectivity index (χ0n) is 5.50. The number of carbonyl (C=O) groups excluding carboxylic acids is 1. The van der Waals surface area contributed by atoms with Crippen LogP contribution in [0, 0.1) is 0 Å². The summed E-state index contributed by atoms with van der Waals surface area (Å²) in [4.78, 5) is 21.0. The number of amides is 2. The van der Waals surface area contributed by atoms with E-state index in [4.69, 9.17) is 5.73 Å². The lowest BCUT2D eigenvalue weighted by atomic mass is 10.5. The number of aromatic nitrogens is 2. The zero-order chi connectivity index (χ0) is 8.27. The summed E-state index contributed by atoms with van der Waals surface area (Å²) in [5.74, 6) is 0. The Balaban J connectivity index is 2.95. The van der Waals surface area contributed by atoms with Gasteiger partial charge in [0.2, 0.25) is 0 Å². The highest BCUT2D eigenvalue weighted by atomic mass is 16.2. The van der Waals surface area contributed by atoms with Crippen molar-refractivity contribution in [1.29, 1.82) is 0 Å². The Morgan fingerprint density at radius 3 is 3.00 bits per heavy atom. The molecule has 1 rings (SSSR count). The van der Waals surface area contributed by atoms with E-state index in [-0.39, 0.29) is 5.69 Å². The van der Waals surface area contributed by atoms with E-state index < -0.39 is 11.6 Å². The molecular formula is C5H6N4O2. The molecule has 0 aliphatic carbocycles. The van der Waals surface area contributed by atoms with Crippen LogP contribution in [0.4, 0.5) is 10.5 Å². The summed E-state index contributed by atoms with van der Waals surface area (Å²) in [6.45, 7) is 0. The van der Waals surface area contributed by atoms with Crippen molar-refractivity contribution in [3.63, 3.8) is 0 Å². The second-order valence-electron chi connectivity index (χ2n) is 1.79. The van der Waals surface area contributed by atoms with Crippen molar-refractivity contribution in [3.8, 4) is 0 Å². The Morgan fingerprint density at radius 1 is 1.73 bits per heavy atom. The first-order valence-corrected chi connectivity index (χ1v) is 2.80. The molecule has 0 unspecified atom stereocenters. The normalized spacial score (nSPS) is 9.09. The van der Waals surface area contributed by atoms with Crippen LogP contribution in [-0.4, -0.2) is 16.2 Å². The highest BCUT2D eigenvalue weighted by Crippen LogP contribution is 1.91. The van der Waals surface area contributed by atoms with Crippen molar-refractivity contribution in [2.75, 3.05) is 5.32 Å². The number of aromatic amines is 1. The van der Waals surface area contributed by atoms with Crippen molar-refractivity contribution in [3.05, 3.63) is 22.6 Å². The van der Waals surface area contributed by atoms with E-state index >= 15 is 0 Å². The first-order valence-electron chi connectivity index (χ1n) is 2.80. The van der Waals surface area contributed by atoms with Crippen LogP contribution in [0.3, 0.4) is 0 Å². The third-order valence-electron chi connectivity index (χ3n) is 0.984. The first-order chi connectivity index (χ1) is 5.20. The molecule has 0 saturated carbocycles. The maximum atomic E-state index is 10.8. The minimum atomic E-state index is -0.776. The summed E-state index contributed by atoms with van der Waals surface area (Å²) in [5.41, 5.74) is 4.38. The molecule has 6 nitrogen and oxygen atoms in total. The number of primary amides is 1. The number of nitrogens with zero attached hydrogens (tertiary/aromatic N) is 1. The number of hydrogen-bond donors (Lipinski definition) is 3. The zero-order valence-corrected chi connectivity index (χ0v) is 5.50. The molecule has 0 atom stereocenters. The van der Waals surface area contributed by atoms with Gasteiger partial charge in [0.1, 0.15) is 5.69 Å². The predicted octanol–water partition coefficient (Wildman–Crippen LogP) is -0.739. The average molecular weight is 154 g/mol. The molecule has 0 aliphatic rings. The fraction of sp³-hybridized carbons (Fsp3) is 0. The number of urea groups is 1. The maximum absolute atomic E-state index is 10.8. The number of H-pyrrole nitrogens is 1. The SMILES string of the molecule is NC(=O)Nc1ccn[nH]c1=O. The van der Waals surface area contributed by atoms with Gasteiger partial charge < -0.3 is 11.1 Å². The molecule has 1 aromatic heterocycles. The van der Waals surface area contributed by atoms with Gasteiger partial charge in [-0.05, 0) is 6.07 Å². The third kappa shape index (κ3) is 1.78. The number of rotatable bonds is 1.